The highest BCUT2D eigenvalue weighted by Crippen LogP contribution is 2.23. The van der Waals surface area contributed by atoms with Gasteiger partial charge in [0.1, 0.15) is 12.2 Å². The van der Waals surface area contributed by atoms with E-state index in [0.29, 0.717) is 6.42 Å². The molecule has 0 radical (unpaired) electrons. The first-order valence-electron chi connectivity index (χ1n) is 6.19. The van der Waals surface area contributed by atoms with E-state index in [1.807, 2.05) is 22.9 Å². The molecule has 1 aromatic carbocycles. The molecule has 0 saturated carbocycles. The van der Waals surface area contributed by atoms with Crippen LogP contribution in [0.3, 0.4) is 0 Å². The van der Waals surface area contributed by atoms with E-state index in [2.05, 4.69) is 39.6 Å². The first kappa shape index (κ1) is 14.7. The fourth-order valence-electron chi connectivity index (χ4n) is 1.90. The molecular formula is C13H16ClIN4. The largest absolute Gasteiger partial charge is 0.324 e. The first-order chi connectivity index (χ1) is 9.11. The maximum Gasteiger partial charge on any atom is 0.138 e. The molecule has 19 heavy (non-hydrogen) atoms. The van der Waals surface area contributed by atoms with E-state index in [1.165, 1.54) is 0 Å². The highest BCUT2D eigenvalue weighted by Gasteiger charge is 2.13. The summed E-state index contributed by atoms with van der Waals surface area (Å²) < 4.78 is 2.94. The van der Waals surface area contributed by atoms with Crippen molar-refractivity contribution in [3.8, 4) is 0 Å². The number of benzene rings is 1. The number of hydrogen-bond acceptors (Lipinski definition) is 3. The minimum atomic E-state index is -0.116. The van der Waals surface area contributed by atoms with E-state index >= 15 is 0 Å². The predicted octanol–water partition coefficient (Wildman–Crippen LogP) is 3.19. The van der Waals surface area contributed by atoms with E-state index in [-0.39, 0.29) is 6.04 Å². The van der Waals surface area contributed by atoms with Crippen molar-refractivity contribution in [3.05, 3.63) is 44.5 Å². The lowest BCUT2D eigenvalue weighted by Crippen LogP contribution is -2.17. The zero-order valence-electron chi connectivity index (χ0n) is 10.7. The molecule has 1 unspecified atom stereocenters. The van der Waals surface area contributed by atoms with Gasteiger partial charge in [-0.2, -0.15) is 5.10 Å². The summed E-state index contributed by atoms with van der Waals surface area (Å²) in [4.78, 5) is 4.28. The molecule has 0 saturated heterocycles. The monoisotopic (exact) mass is 390 g/mol. The molecule has 0 amide bonds. The fraction of sp³-hybridized carbons (Fsp3) is 0.385. The van der Waals surface area contributed by atoms with Crippen LogP contribution in [0.4, 0.5) is 0 Å². The van der Waals surface area contributed by atoms with Crippen LogP contribution in [0.25, 0.3) is 0 Å². The topological polar surface area (TPSA) is 56.7 Å². The van der Waals surface area contributed by atoms with Crippen molar-refractivity contribution in [3.63, 3.8) is 0 Å². The molecule has 2 aromatic rings. The van der Waals surface area contributed by atoms with Crippen molar-refractivity contribution >= 4 is 34.2 Å². The van der Waals surface area contributed by atoms with Gasteiger partial charge in [0.05, 0.1) is 5.02 Å². The Bertz CT molecular complexity index is 555. The van der Waals surface area contributed by atoms with Crippen LogP contribution in [0.1, 0.15) is 30.8 Å². The fourth-order valence-corrected chi connectivity index (χ4v) is 2.43. The maximum atomic E-state index is 6.23. The van der Waals surface area contributed by atoms with E-state index in [9.17, 15) is 0 Å². The van der Waals surface area contributed by atoms with Crippen molar-refractivity contribution in [1.82, 2.24) is 14.8 Å². The van der Waals surface area contributed by atoms with Crippen LogP contribution in [-0.4, -0.2) is 14.8 Å². The Morgan fingerprint density at radius 2 is 2.26 bits per heavy atom. The molecule has 6 heteroatoms. The highest BCUT2D eigenvalue weighted by atomic mass is 127. The summed E-state index contributed by atoms with van der Waals surface area (Å²) in [7, 11) is 0. The smallest absolute Gasteiger partial charge is 0.138 e. The molecule has 2 rings (SSSR count). The zero-order chi connectivity index (χ0) is 13.8. The summed E-state index contributed by atoms with van der Waals surface area (Å²) in [6.45, 7) is 2.99. The molecule has 1 atom stereocenters. The Balaban J connectivity index is 2.13. The van der Waals surface area contributed by atoms with Gasteiger partial charge < -0.3 is 5.73 Å². The Hall–Kier alpha value is -0.660. The van der Waals surface area contributed by atoms with Crippen LogP contribution in [0.15, 0.2) is 24.5 Å². The normalized spacial score (nSPS) is 12.6. The van der Waals surface area contributed by atoms with Gasteiger partial charge in [0.25, 0.3) is 0 Å². The minimum absolute atomic E-state index is 0.116. The van der Waals surface area contributed by atoms with E-state index in [1.54, 1.807) is 6.33 Å². The molecule has 0 aliphatic heterocycles. The van der Waals surface area contributed by atoms with Crippen molar-refractivity contribution in [2.45, 2.75) is 32.4 Å². The van der Waals surface area contributed by atoms with Crippen LogP contribution >= 0.6 is 34.2 Å². The van der Waals surface area contributed by atoms with Gasteiger partial charge in [-0.05, 0) is 46.7 Å². The van der Waals surface area contributed by atoms with Gasteiger partial charge >= 0.3 is 0 Å². The van der Waals surface area contributed by atoms with Gasteiger partial charge in [0.15, 0.2) is 0 Å². The number of halogens is 2. The summed E-state index contributed by atoms with van der Waals surface area (Å²) in [6, 6.07) is 5.80. The summed E-state index contributed by atoms with van der Waals surface area (Å²) in [6.07, 6.45) is 3.27. The van der Waals surface area contributed by atoms with Gasteiger partial charge in [-0.25, -0.2) is 4.98 Å². The predicted molar refractivity (Wildman–Crippen MR) is 85.1 cm³/mol. The van der Waals surface area contributed by atoms with Gasteiger partial charge in [-0.1, -0.05) is 24.6 Å². The third-order valence-corrected chi connectivity index (χ3v) is 4.48. The molecular weight excluding hydrogens is 375 g/mol. The van der Waals surface area contributed by atoms with Crippen molar-refractivity contribution in [2.24, 2.45) is 5.73 Å². The summed E-state index contributed by atoms with van der Waals surface area (Å²) in [5, 5.41) is 4.95. The standard InChI is InChI=1S/C13H16ClIN4/c1-2-5-19-13(17-8-18-19)7-12(16)9-3-4-11(15)10(14)6-9/h3-4,6,8,12H,2,5,7,16H2,1H3. The number of rotatable bonds is 5. The SMILES string of the molecule is CCCn1ncnc1CC(N)c1ccc(I)c(Cl)c1. The zero-order valence-corrected chi connectivity index (χ0v) is 13.6. The molecule has 2 N–H and O–H groups in total. The average Bonchev–Trinajstić information content (AvgIpc) is 2.80. The molecule has 1 heterocycles. The molecule has 0 bridgehead atoms. The van der Waals surface area contributed by atoms with E-state index in [0.717, 1.165) is 32.9 Å². The van der Waals surface area contributed by atoms with Crippen molar-refractivity contribution < 1.29 is 0 Å². The second kappa shape index (κ2) is 6.67. The van der Waals surface area contributed by atoms with Crippen LogP contribution < -0.4 is 5.73 Å². The van der Waals surface area contributed by atoms with Crippen LogP contribution in [-0.2, 0) is 13.0 Å². The number of hydrogen-bond donors (Lipinski definition) is 1. The Kier molecular flexibility index (Phi) is 5.18. The Morgan fingerprint density at radius 1 is 1.47 bits per heavy atom. The second-order valence-corrected chi connectivity index (χ2v) is 5.95. The molecule has 0 aliphatic carbocycles. The van der Waals surface area contributed by atoms with E-state index < -0.39 is 0 Å². The minimum Gasteiger partial charge on any atom is -0.324 e. The molecule has 0 aliphatic rings. The third kappa shape index (κ3) is 3.67. The van der Waals surface area contributed by atoms with Crippen LogP contribution in [0.2, 0.25) is 5.02 Å². The molecule has 102 valence electrons. The van der Waals surface area contributed by atoms with Gasteiger partial charge in [-0.15, -0.1) is 0 Å². The molecule has 1 aromatic heterocycles. The number of nitrogens with zero attached hydrogens (tertiary/aromatic N) is 3. The first-order valence-corrected chi connectivity index (χ1v) is 7.64. The van der Waals surface area contributed by atoms with Gasteiger partial charge in [0, 0.05) is 22.6 Å². The molecule has 0 spiro atoms. The molecule has 0 fully saturated rings. The van der Waals surface area contributed by atoms with Crippen molar-refractivity contribution in [1.29, 1.82) is 0 Å². The number of aromatic nitrogens is 3. The lowest BCUT2D eigenvalue weighted by molar-refractivity contribution is 0.548. The third-order valence-electron chi connectivity index (χ3n) is 2.91. The van der Waals surface area contributed by atoms with Gasteiger partial charge in [-0.3, -0.25) is 4.68 Å². The quantitative estimate of drug-likeness (QED) is 0.798. The highest BCUT2D eigenvalue weighted by molar-refractivity contribution is 14.1. The van der Waals surface area contributed by atoms with Crippen LogP contribution in [0.5, 0.6) is 0 Å². The van der Waals surface area contributed by atoms with Crippen molar-refractivity contribution in [2.75, 3.05) is 0 Å². The van der Waals surface area contributed by atoms with Gasteiger partial charge in [0.2, 0.25) is 0 Å². The summed E-state index contributed by atoms with van der Waals surface area (Å²) in [5.74, 6) is 0.920. The molecule has 4 nitrogen and oxygen atoms in total. The Labute approximate surface area is 131 Å². The summed E-state index contributed by atoms with van der Waals surface area (Å²) >= 11 is 8.33. The average molecular weight is 391 g/mol. The number of nitrogens with two attached hydrogens (primary N) is 1. The summed E-state index contributed by atoms with van der Waals surface area (Å²) in [5.41, 5.74) is 7.25. The lowest BCUT2D eigenvalue weighted by atomic mass is 10.0. The Morgan fingerprint density at radius 3 is 2.95 bits per heavy atom. The maximum absolute atomic E-state index is 6.23. The van der Waals surface area contributed by atoms with E-state index in [4.69, 9.17) is 17.3 Å². The lowest BCUT2D eigenvalue weighted by Gasteiger charge is -2.13. The second-order valence-electron chi connectivity index (χ2n) is 4.38. The van der Waals surface area contributed by atoms with Crippen LogP contribution in [0, 0.1) is 3.57 Å². The number of aryl methyl sites for hydroxylation is 1.